The van der Waals surface area contributed by atoms with Crippen molar-refractivity contribution in [2.75, 3.05) is 0 Å². The van der Waals surface area contributed by atoms with Crippen LogP contribution in [0.15, 0.2) is 71.7 Å². The largest absolute Gasteiger partial charge is 0.292 e. The van der Waals surface area contributed by atoms with Gasteiger partial charge in [-0.15, -0.1) is 11.8 Å². The summed E-state index contributed by atoms with van der Waals surface area (Å²) < 4.78 is 0. The minimum atomic E-state index is 0.0764. The van der Waals surface area contributed by atoms with E-state index in [0.29, 0.717) is 84.2 Å². The number of hydrogen-bond acceptors (Lipinski definition) is 6. The zero-order valence-corrected chi connectivity index (χ0v) is 37.0. The van der Waals surface area contributed by atoms with E-state index in [1.807, 2.05) is 0 Å². The molecule has 0 bridgehead atoms. The number of hydrogen-bond donors (Lipinski definition) is 1. The zero-order chi connectivity index (χ0) is 39.4. The Labute approximate surface area is 361 Å². The molecule has 59 heavy (non-hydrogen) atoms. The van der Waals surface area contributed by atoms with Crippen molar-refractivity contribution in [2.24, 2.45) is 65.1 Å². The summed E-state index contributed by atoms with van der Waals surface area (Å²) in [6, 6.07) is 6.80. The SMILES string of the molecule is CC1CC=CC2C3C=CCC(C)C3N(C3CC(N4C5C=CCCC5C5CCC=CC54)C(C#N)CC3C3NC(C4CCC5C(C4)SC4=CC=CCC45)N3C3CCCCC3)C12. The molecule has 12 rings (SSSR count). The number of likely N-dealkylation sites (tertiary alicyclic amines) is 2. The highest BCUT2D eigenvalue weighted by Crippen LogP contribution is 2.59. The second-order valence-corrected chi connectivity index (χ2v) is 23.5. The van der Waals surface area contributed by atoms with E-state index in [1.165, 1.54) is 96.3 Å². The topological polar surface area (TPSA) is 45.5 Å². The van der Waals surface area contributed by atoms with Crippen molar-refractivity contribution < 1.29 is 0 Å². The van der Waals surface area contributed by atoms with Crippen molar-refractivity contribution in [3.8, 4) is 6.07 Å². The van der Waals surface area contributed by atoms with Gasteiger partial charge in [0.1, 0.15) is 0 Å². The standard InChI is InChI=1S/C53H73N5S/c1-32-14-12-21-41-42-22-13-15-33(2)51(42)58(50(32)41)47-30-46(57-44-23-9-6-18-37(44)38-19-7-10-24-45(38)57)35(31-54)28-43(47)53-55-52(56(53)36-16-4-3-5-17-36)34-26-27-40-39-20-8-11-25-48(39)59-49(40)29-34/h8-13,21-25,32-47,49-53,55H,3-7,14-20,26-30H2,1-2H3. The molecule has 0 spiro atoms. The van der Waals surface area contributed by atoms with Crippen molar-refractivity contribution >= 4 is 11.8 Å². The predicted octanol–water partition coefficient (Wildman–Crippen LogP) is 10.6. The molecular weight excluding hydrogens is 739 g/mol. The van der Waals surface area contributed by atoms with Gasteiger partial charge < -0.3 is 0 Å². The van der Waals surface area contributed by atoms with E-state index in [4.69, 9.17) is 0 Å². The summed E-state index contributed by atoms with van der Waals surface area (Å²) in [5.74, 6) is 7.00. The van der Waals surface area contributed by atoms with Crippen LogP contribution in [0.4, 0.5) is 0 Å². The lowest BCUT2D eigenvalue weighted by molar-refractivity contribution is -0.159. The first-order valence-corrected chi connectivity index (χ1v) is 26.1. The summed E-state index contributed by atoms with van der Waals surface area (Å²) in [5, 5.41) is 16.8. The Kier molecular flexibility index (Phi) is 10.3. The number of rotatable bonds is 5. The monoisotopic (exact) mass is 812 g/mol. The molecule has 0 aromatic carbocycles. The lowest BCUT2D eigenvalue weighted by Crippen LogP contribution is -2.79. The second kappa shape index (κ2) is 15.7. The van der Waals surface area contributed by atoms with E-state index in [2.05, 4.69) is 119 Å². The van der Waals surface area contributed by atoms with Crippen LogP contribution in [0.2, 0.25) is 0 Å². The van der Waals surface area contributed by atoms with E-state index < -0.39 is 0 Å². The molecule has 0 amide bonds. The number of nitrogens with zero attached hydrogens (tertiary/aromatic N) is 4. The summed E-state index contributed by atoms with van der Waals surface area (Å²) in [5.41, 5.74) is 0. The van der Waals surface area contributed by atoms with Crippen LogP contribution >= 0.6 is 11.8 Å². The van der Waals surface area contributed by atoms with Gasteiger partial charge in [0.25, 0.3) is 0 Å². The van der Waals surface area contributed by atoms with Crippen LogP contribution in [0.25, 0.3) is 0 Å². The fourth-order valence-corrected chi connectivity index (χ4v) is 18.9. The molecule has 7 fully saturated rings. The van der Waals surface area contributed by atoms with Gasteiger partial charge in [-0.2, -0.15) is 5.26 Å². The van der Waals surface area contributed by atoms with Crippen LogP contribution < -0.4 is 5.32 Å². The smallest absolute Gasteiger partial charge is 0.0672 e. The van der Waals surface area contributed by atoms with Gasteiger partial charge in [0.05, 0.1) is 24.3 Å². The van der Waals surface area contributed by atoms with Crippen LogP contribution in [0.1, 0.15) is 123 Å². The van der Waals surface area contributed by atoms with Crippen LogP contribution in [-0.2, 0) is 0 Å². The second-order valence-electron chi connectivity index (χ2n) is 22.2. The van der Waals surface area contributed by atoms with Crippen molar-refractivity contribution in [2.45, 2.75) is 183 Å². The fraction of sp³-hybridized carbons (Fsp3) is 0.755. The fourth-order valence-electron chi connectivity index (χ4n) is 17.1. The minimum absolute atomic E-state index is 0.0764. The van der Waals surface area contributed by atoms with Gasteiger partial charge in [0, 0.05) is 65.3 Å². The number of nitriles is 1. The highest BCUT2D eigenvalue weighted by Gasteiger charge is 2.62. The van der Waals surface area contributed by atoms with Gasteiger partial charge >= 0.3 is 0 Å². The molecule has 20 atom stereocenters. The molecule has 1 N–H and O–H groups in total. The normalized spacial score (nSPS) is 51.8. The Morgan fingerprint density at radius 2 is 1.36 bits per heavy atom. The van der Waals surface area contributed by atoms with Crippen molar-refractivity contribution in [3.63, 3.8) is 0 Å². The molecule has 4 aliphatic heterocycles. The van der Waals surface area contributed by atoms with Crippen LogP contribution in [-0.4, -0.2) is 74.6 Å². The molecule has 20 unspecified atom stereocenters. The summed E-state index contributed by atoms with van der Waals surface area (Å²) in [7, 11) is 0. The lowest BCUT2D eigenvalue weighted by Gasteiger charge is -2.63. The summed E-state index contributed by atoms with van der Waals surface area (Å²) >= 11 is 2.27. The van der Waals surface area contributed by atoms with Gasteiger partial charge in [-0.05, 0) is 136 Å². The summed E-state index contributed by atoms with van der Waals surface area (Å²) in [6.45, 7) is 5.18. The summed E-state index contributed by atoms with van der Waals surface area (Å²) in [6.07, 6.45) is 50.9. The highest BCUT2D eigenvalue weighted by atomic mass is 32.2. The molecule has 8 aliphatic carbocycles. The first kappa shape index (κ1) is 38.8. The molecule has 6 heteroatoms. The molecule has 316 valence electrons. The Bertz CT molecular complexity index is 1760. The van der Waals surface area contributed by atoms with E-state index in [0.717, 1.165) is 47.7 Å². The molecule has 0 aromatic heterocycles. The van der Waals surface area contributed by atoms with Crippen LogP contribution in [0, 0.1) is 76.4 Å². The minimum Gasteiger partial charge on any atom is -0.292 e. The molecule has 4 saturated heterocycles. The zero-order valence-electron chi connectivity index (χ0n) is 36.2. The molecule has 0 aromatic rings. The Hall–Kier alpha value is -1.88. The summed E-state index contributed by atoms with van der Waals surface area (Å²) in [4.78, 5) is 11.1. The average molecular weight is 812 g/mol. The average Bonchev–Trinajstić information content (AvgIpc) is 3.92. The third-order valence-electron chi connectivity index (χ3n) is 19.5. The molecular formula is C53H73N5S. The van der Waals surface area contributed by atoms with Crippen LogP contribution in [0.3, 0.4) is 0 Å². The third kappa shape index (κ3) is 6.25. The Morgan fingerprint density at radius 3 is 2.05 bits per heavy atom. The molecule has 12 aliphatic rings. The van der Waals surface area contributed by atoms with E-state index in [-0.39, 0.29) is 5.92 Å². The first-order chi connectivity index (χ1) is 29.1. The van der Waals surface area contributed by atoms with Gasteiger partial charge in [-0.3, -0.25) is 20.0 Å². The van der Waals surface area contributed by atoms with Gasteiger partial charge in [-0.25, -0.2) is 0 Å². The van der Waals surface area contributed by atoms with Crippen molar-refractivity contribution in [3.05, 3.63) is 71.7 Å². The molecule has 3 saturated carbocycles. The number of allylic oxidation sites excluding steroid dienone is 8. The highest BCUT2D eigenvalue weighted by molar-refractivity contribution is 8.04. The third-order valence-corrected chi connectivity index (χ3v) is 21.1. The van der Waals surface area contributed by atoms with Gasteiger partial charge in [0.2, 0.25) is 0 Å². The maximum absolute atomic E-state index is 11.5. The molecule has 0 radical (unpaired) electrons. The van der Waals surface area contributed by atoms with Gasteiger partial charge in [-0.1, -0.05) is 99.9 Å². The van der Waals surface area contributed by atoms with Gasteiger partial charge in [0.15, 0.2) is 0 Å². The van der Waals surface area contributed by atoms with Crippen molar-refractivity contribution in [1.82, 2.24) is 20.0 Å². The van der Waals surface area contributed by atoms with Crippen LogP contribution in [0.5, 0.6) is 0 Å². The number of nitrogens with one attached hydrogen (secondary N) is 1. The quantitative estimate of drug-likeness (QED) is 0.279. The van der Waals surface area contributed by atoms with E-state index in [1.54, 1.807) is 4.91 Å². The Morgan fingerprint density at radius 1 is 0.644 bits per heavy atom. The maximum Gasteiger partial charge on any atom is 0.0672 e. The van der Waals surface area contributed by atoms with E-state index in [9.17, 15) is 5.26 Å². The number of fused-ring (bicyclic) bond motifs is 9. The molecule has 4 heterocycles. The van der Waals surface area contributed by atoms with E-state index >= 15 is 0 Å². The molecule has 5 nitrogen and oxygen atoms in total. The predicted molar refractivity (Wildman–Crippen MR) is 242 cm³/mol. The first-order valence-electron chi connectivity index (χ1n) is 25.3. The Balaban J connectivity index is 0.916. The van der Waals surface area contributed by atoms with Crippen molar-refractivity contribution in [1.29, 1.82) is 5.26 Å². The lowest BCUT2D eigenvalue weighted by atomic mass is 9.68. The number of thioether (sulfide) groups is 1. The maximum atomic E-state index is 11.5.